The van der Waals surface area contributed by atoms with Gasteiger partial charge in [-0.1, -0.05) is 17.7 Å². The first-order valence-electron chi connectivity index (χ1n) is 14.0. The van der Waals surface area contributed by atoms with E-state index in [1.54, 1.807) is 0 Å². The van der Waals surface area contributed by atoms with Crippen LogP contribution < -0.4 is 4.90 Å². The van der Waals surface area contributed by atoms with Gasteiger partial charge in [-0.2, -0.15) is 0 Å². The molecule has 0 unspecified atom stereocenters. The largest absolute Gasteiger partial charge is 0.372 e. The second kappa shape index (κ2) is 13.1. The number of piperazine rings is 1. The van der Waals surface area contributed by atoms with Gasteiger partial charge in [-0.05, 0) is 98.3 Å². The Labute approximate surface area is 245 Å². The number of anilines is 1. The van der Waals surface area contributed by atoms with Gasteiger partial charge in [0.1, 0.15) is 11.6 Å². The molecule has 4 aromatic rings. The summed E-state index contributed by atoms with van der Waals surface area (Å²) in [5.74, 6) is -0.510. The quantitative estimate of drug-likeness (QED) is 0.162. The lowest BCUT2D eigenvalue weighted by molar-refractivity contribution is -0.528. The van der Waals surface area contributed by atoms with E-state index in [0.717, 1.165) is 78.4 Å². The highest BCUT2D eigenvalue weighted by molar-refractivity contribution is 6.31. The van der Waals surface area contributed by atoms with Crippen LogP contribution in [0.2, 0.25) is 5.02 Å². The summed E-state index contributed by atoms with van der Waals surface area (Å²) in [5, 5.41) is 1.76. The highest BCUT2D eigenvalue weighted by atomic mass is 35.5. The number of benzene rings is 3. The predicted octanol–water partition coefficient (Wildman–Crippen LogP) is 7.43. The van der Waals surface area contributed by atoms with E-state index >= 15 is 0 Å². The maximum absolute atomic E-state index is 13.8. The van der Waals surface area contributed by atoms with Gasteiger partial charge in [-0.3, -0.25) is 4.98 Å². The number of pyridine rings is 1. The van der Waals surface area contributed by atoms with Gasteiger partial charge in [-0.25, -0.2) is 13.4 Å². The van der Waals surface area contributed by atoms with E-state index in [-0.39, 0.29) is 11.6 Å². The minimum absolute atomic E-state index is 0.252. The maximum Gasteiger partial charge on any atom is 0.207 e. The molecule has 7 heteroatoms. The first-order valence-corrected chi connectivity index (χ1v) is 14.4. The topological polar surface area (TPSA) is 22.4 Å². The van der Waals surface area contributed by atoms with Crippen molar-refractivity contribution in [1.82, 2.24) is 9.88 Å². The second-order valence-electron chi connectivity index (χ2n) is 9.95. The molecule has 1 aliphatic rings. The zero-order chi connectivity index (χ0) is 28.8. The highest BCUT2D eigenvalue weighted by Gasteiger charge is 2.24. The van der Waals surface area contributed by atoms with Gasteiger partial charge in [0.2, 0.25) is 5.71 Å². The van der Waals surface area contributed by atoms with Crippen LogP contribution in [0.4, 0.5) is 14.5 Å². The number of rotatable bonds is 8. The van der Waals surface area contributed by atoms with E-state index < -0.39 is 0 Å². The van der Waals surface area contributed by atoms with Crippen LogP contribution in [-0.2, 0) is 0 Å². The molecule has 2 heterocycles. The molecule has 5 rings (SSSR count). The Kier molecular flexibility index (Phi) is 9.10. The van der Waals surface area contributed by atoms with E-state index in [4.69, 9.17) is 11.6 Å². The monoisotopic (exact) mass is 571 g/mol. The van der Waals surface area contributed by atoms with E-state index in [1.807, 2.05) is 54.7 Å². The van der Waals surface area contributed by atoms with Gasteiger partial charge in [-0.15, -0.1) is 0 Å². The minimum atomic E-state index is -0.258. The van der Waals surface area contributed by atoms with Crippen molar-refractivity contribution in [1.29, 1.82) is 0 Å². The summed E-state index contributed by atoms with van der Waals surface area (Å²) in [6.45, 7) is 9.16. The van der Waals surface area contributed by atoms with Gasteiger partial charge in [0.05, 0.1) is 18.6 Å². The summed E-state index contributed by atoms with van der Waals surface area (Å²) < 4.78 is 29.8. The summed E-state index contributed by atoms with van der Waals surface area (Å²) >= 11 is 6.20. The fraction of sp³-hybridized carbons (Fsp3) is 0.235. The molecule has 1 aliphatic heterocycles. The van der Waals surface area contributed by atoms with Crippen molar-refractivity contribution >= 4 is 39.6 Å². The molecular weight excluding hydrogens is 538 g/mol. The average Bonchev–Trinajstić information content (AvgIpc) is 3.00. The van der Waals surface area contributed by atoms with E-state index in [9.17, 15) is 8.78 Å². The summed E-state index contributed by atoms with van der Waals surface area (Å²) in [7, 11) is 0. The maximum atomic E-state index is 13.8. The molecule has 3 aromatic carbocycles. The molecular formula is C34H34ClF2N4+. The molecule has 0 N–H and O–H groups in total. The van der Waals surface area contributed by atoms with Gasteiger partial charge in [0.15, 0.2) is 13.1 Å². The number of hydrogen-bond acceptors (Lipinski definition) is 3. The van der Waals surface area contributed by atoms with Crippen molar-refractivity contribution in [2.24, 2.45) is 0 Å². The van der Waals surface area contributed by atoms with Gasteiger partial charge >= 0.3 is 0 Å². The SMILES string of the molecule is CCN(CC)/C(=C/C=C/C(c1ccc(F)cc1)=[N+]1CCN(c2ccnc3cc(Cl)ccc23)CC1)c1ccc(F)cc1. The fourth-order valence-electron chi connectivity index (χ4n) is 5.37. The second-order valence-corrected chi connectivity index (χ2v) is 10.4. The van der Waals surface area contributed by atoms with E-state index in [0.29, 0.717) is 5.02 Å². The Balaban J connectivity index is 1.46. The molecule has 0 saturated carbocycles. The fourth-order valence-corrected chi connectivity index (χ4v) is 5.54. The molecule has 0 radical (unpaired) electrons. The third kappa shape index (κ3) is 6.66. The first-order chi connectivity index (χ1) is 20.0. The molecule has 0 aliphatic carbocycles. The minimum Gasteiger partial charge on any atom is -0.372 e. The molecule has 1 saturated heterocycles. The summed E-state index contributed by atoms with van der Waals surface area (Å²) in [4.78, 5) is 9.13. The van der Waals surface area contributed by atoms with Crippen LogP contribution in [0.25, 0.3) is 16.6 Å². The van der Waals surface area contributed by atoms with Crippen LogP contribution >= 0.6 is 11.6 Å². The van der Waals surface area contributed by atoms with E-state index in [2.05, 4.69) is 51.4 Å². The zero-order valence-corrected chi connectivity index (χ0v) is 24.2. The third-order valence-corrected chi connectivity index (χ3v) is 7.77. The molecule has 0 amide bonds. The average molecular weight is 572 g/mol. The van der Waals surface area contributed by atoms with Crippen LogP contribution in [-0.4, -0.2) is 59.4 Å². The Hall–Kier alpha value is -4.03. The first kappa shape index (κ1) is 28.5. The number of halogens is 3. The van der Waals surface area contributed by atoms with Crippen molar-refractivity contribution in [3.8, 4) is 0 Å². The smallest absolute Gasteiger partial charge is 0.207 e. The molecule has 1 fully saturated rings. The lowest BCUT2D eigenvalue weighted by atomic mass is 10.1. The van der Waals surface area contributed by atoms with Crippen molar-refractivity contribution in [2.75, 3.05) is 44.2 Å². The van der Waals surface area contributed by atoms with Crippen LogP contribution in [0.1, 0.15) is 25.0 Å². The van der Waals surface area contributed by atoms with Crippen LogP contribution in [0.5, 0.6) is 0 Å². The molecule has 0 atom stereocenters. The predicted molar refractivity (Wildman–Crippen MR) is 166 cm³/mol. The molecule has 0 spiro atoms. The lowest BCUT2D eigenvalue weighted by Gasteiger charge is -2.29. The molecule has 210 valence electrons. The Bertz CT molecular complexity index is 1580. The van der Waals surface area contributed by atoms with Crippen LogP contribution in [0, 0.1) is 11.6 Å². The number of hydrogen-bond donors (Lipinski definition) is 0. The Morgan fingerprint density at radius 3 is 2.17 bits per heavy atom. The van der Waals surface area contributed by atoms with Crippen molar-refractivity contribution in [3.05, 3.63) is 125 Å². The Morgan fingerprint density at radius 2 is 1.54 bits per heavy atom. The normalized spacial score (nSPS) is 14.2. The number of fused-ring (bicyclic) bond motifs is 1. The molecule has 4 nitrogen and oxygen atoms in total. The van der Waals surface area contributed by atoms with Crippen molar-refractivity contribution in [2.45, 2.75) is 13.8 Å². The summed E-state index contributed by atoms with van der Waals surface area (Å²) in [6, 6.07) is 21.2. The standard InChI is InChI=1S/C34H34ClF2N4/c1-3-39(4-2)32(25-8-13-28(36)14-9-25)6-5-7-33(26-10-15-29(37)16-11-26)40-20-22-41(23-21-40)34-18-19-38-31-24-27(35)12-17-30(31)34/h5-19,24H,3-4,20-23H2,1-2H3/q+1. The van der Waals surface area contributed by atoms with Crippen molar-refractivity contribution < 1.29 is 13.4 Å². The summed E-state index contributed by atoms with van der Waals surface area (Å²) in [5.41, 5.74) is 6.01. The lowest BCUT2D eigenvalue weighted by Crippen LogP contribution is -2.44. The van der Waals surface area contributed by atoms with Gasteiger partial charge < -0.3 is 9.80 Å². The van der Waals surface area contributed by atoms with Crippen LogP contribution in [0.15, 0.2) is 97.2 Å². The van der Waals surface area contributed by atoms with Crippen molar-refractivity contribution in [3.63, 3.8) is 0 Å². The molecule has 41 heavy (non-hydrogen) atoms. The zero-order valence-electron chi connectivity index (χ0n) is 23.4. The third-order valence-electron chi connectivity index (χ3n) is 7.54. The van der Waals surface area contributed by atoms with Crippen LogP contribution in [0.3, 0.4) is 0 Å². The molecule has 1 aromatic heterocycles. The number of nitrogens with zero attached hydrogens (tertiary/aromatic N) is 4. The molecule has 0 bridgehead atoms. The summed E-state index contributed by atoms with van der Waals surface area (Å²) in [6.07, 6.45) is 8.05. The number of aromatic nitrogens is 1. The number of allylic oxidation sites excluding steroid dienone is 3. The Morgan fingerprint density at radius 1 is 0.902 bits per heavy atom. The van der Waals surface area contributed by atoms with Gasteiger partial charge in [0.25, 0.3) is 0 Å². The van der Waals surface area contributed by atoms with E-state index in [1.165, 1.54) is 24.3 Å². The highest BCUT2D eigenvalue weighted by Crippen LogP contribution is 2.28. The van der Waals surface area contributed by atoms with Gasteiger partial charge in [0, 0.05) is 52.7 Å².